The molecule has 0 aromatic heterocycles. The normalized spacial score (nSPS) is 45.8. The Morgan fingerprint density at radius 2 is 1.43 bits per heavy atom. The van der Waals surface area contributed by atoms with Gasteiger partial charge in [-0.05, 0) is 37.0 Å². The SMILES string of the molecule is CCCCC#CP1[C@]2(C(C)(C)C)[C@@H]3P2[C@H](C(C)(C)C)P2[C@]1(C(C)(C)C)[C@]32CCCC. The maximum atomic E-state index is 4.18. The molecule has 0 saturated carbocycles. The minimum Gasteiger partial charge on any atom is -0.0986 e. The first-order chi connectivity index (χ1) is 13.7. The van der Waals surface area contributed by atoms with Gasteiger partial charge in [-0.3, -0.25) is 0 Å². The lowest BCUT2D eigenvalue weighted by molar-refractivity contribution is 0.336. The highest BCUT2D eigenvalue weighted by molar-refractivity contribution is 8.10. The van der Waals surface area contributed by atoms with Gasteiger partial charge < -0.3 is 0 Å². The van der Waals surface area contributed by atoms with Crippen LogP contribution in [0.2, 0.25) is 0 Å². The number of rotatable bonds is 5. The van der Waals surface area contributed by atoms with Crippen molar-refractivity contribution >= 4 is 23.8 Å². The lowest BCUT2D eigenvalue weighted by atomic mass is 9.77. The standard InChI is InChI=1S/C27H47P3/c1-12-14-16-17-19-28-26(23(6,7)8)20-25(18-15-13-2)27(28,24(9,10)11)30(25)21(29(20)26)22(3,4)5/h20-21H,12-16,18H2,1-11H3/t20-,21+,25+,26-,27-,28?,29?,30?/m1/s1. The molecule has 4 rings (SSSR count). The molecule has 4 aliphatic rings. The molecule has 30 heavy (non-hydrogen) atoms. The van der Waals surface area contributed by atoms with Gasteiger partial charge in [0.2, 0.25) is 0 Å². The molecule has 0 bridgehead atoms. The van der Waals surface area contributed by atoms with Gasteiger partial charge in [0, 0.05) is 32.4 Å². The van der Waals surface area contributed by atoms with Crippen molar-refractivity contribution < 1.29 is 0 Å². The third-order valence-corrected chi connectivity index (χ3v) is 25.5. The van der Waals surface area contributed by atoms with Crippen LogP contribution in [0, 0.1) is 27.8 Å². The highest BCUT2D eigenvalue weighted by Gasteiger charge is 3.08. The van der Waals surface area contributed by atoms with Crippen molar-refractivity contribution in [3.63, 3.8) is 0 Å². The molecule has 0 amide bonds. The number of hydrogen-bond acceptors (Lipinski definition) is 0. The van der Waals surface area contributed by atoms with E-state index in [2.05, 4.69) is 87.7 Å². The first-order valence-electron chi connectivity index (χ1n) is 12.6. The molecule has 3 unspecified atom stereocenters. The Bertz CT molecular complexity index is 769. The van der Waals surface area contributed by atoms with Crippen LogP contribution in [0.15, 0.2) is 0 Å². The second kappa shape index (κ2) is 6.94. The summed E-state index contributed by atoms with van der Waals surface area (Å²) in [5.74, 6) is 3.80. The summed E-state index contributed by atoms with van der Waals surface area (Å²) in [6.07, 6.45) is 8.00. The maximum absolute atomic E-state index is 4.18. The molecule has 4 aliphatic heterocycles. The Morgan fingerprint density at radius 1 is 0.833 bits per heavy atom. The van der Waals surface area contributed by atoms with E-state index >= 15 is 0 Å². The van der Waals surface area contributed by atoms with E-state index < -0.39 is 0 Å². The molecule has 0 N–H and O–H groups in total. The number of fused-ring (bicyclic) bond motifs is 2. The highest BCUT2D eigenvalue weighted by Crippen LogP contribution is 3.26. The molecule has 4 fully saturated rings. The Hall–Kier alpha value is 0.850. The Balaban J connectivity index is 1.92. The fraction of sp³-hybridized carbons (Fsp3) is 0.926. The molecular formula is C27H47P3. The van der Waals surface area contributed by atoms with Gasteiger partial charge >= 0.3 is 0 Å². The van der Waals surface area contributed by atoms with Crippen LogP contribution < -0.4 is 0 Å². The lowest BCUT2D eigenvalue weighted by Gasteiger charge is -2.51. The molecule has 170 valence electrons. The predicted octanol–water partition coefficient (Wildman–Crippen LogP) is 9.79. The van der Waals surface area contributed by atoms with Crippen LogP contribution >= 0.6 is 23.8 Å². The largest absolute Gasteiger partial charge is 0.0986 e. The Morgan fingerprint density at radius 3 is 1.90 bits per heavy atom. The van der Waals surface area contributed by atoms with Gasteiger partial charge in [0.15, 0.2) is 0 Å². The molecule has 4 saturated heterocycles. The molecule has 3 heteroatoms. The van der Waals surface area contributed by atoms with Crippen molar-refractivity contribution in [2.45, 2.75) is 141 Å². The van der Waals surface area contributed by atoms with E-state index in [1.165, 1.54) is 32.1 Å². The minimum atomic E-state index is -0.213. The zero-order chi connectivity index (χ0) is 22.5. The second-order valence-electron chi connectivity index (χ2n) is 13.6. The summed E-state index contributed by atoms with van der Waals surface area (Å²) in [4.78, 5) is 1.17. The summed E-state index contributed by atoms with van der Waals surface area (Å²) in [5.41, 5.74) is 6.50. The molecule has 0 aromatic rings. The van der Waals surface area contributed by atoms with E-state index in [1.54, 1.807) is 0 Å². The average Bonchev–Trinajstić information content (AvgIpc) is 3.39. The maximum Gasteiger partial charge on any atom is 0.0387 e. The monoisotopic (exact) mass is 464 g/mol. The molecule has 0 nitrogen and oxygen atoms in total. The van der Waals surface area contributed by atoms with Gasteiger partial charge in [-0.25, -0.2) is 0 Å². The van der Waals surface area contributed by atoms with E-state index in [1.807, 2.05) is 0 Å². The number of unbranched alkanes of at least 4 members (excludes halogenated alkanes) is 3. The third kappa shape index (κ3) is 2.49. The van der Waals surface area contributed by atoms with Crippen LogP contribution in [0.25, 0.3) is 0 Å². The summed E-state index contributed by atoms with van der Waals surface area (Å²) in [7, 11) is 0.0371. The summed E-state index contributed by atoms with van der Waals surface area (Å²) >= 11 is 0. The zero-order valence-electron chi connectivity index (χ0n) is 21.7. The Labute approximate surface area is 192 Å². The second-order valence-corrected chi connectivity index (χ2v) is 22.2. The van der Waals surface area contributed by atoms with Crippen molar-refractivity contribution in [1.29, 1.82) is 0 Å². The van der Waals surface area contributed by atoms with Gasteiger partial charge in [-0.15, -0.1) is 0 Å². The fourth-order valence-corrected chi connectivity index (χ4v) is 31.3. The number of hydrogen-bond donors (Lipinski definition) is 0. The first kappa shape index (κ1) is 24.0. The minimum absolute atomic E-state index is 0.110. The highest BCUT2D eigenvalue weighted by atomic mass is 31.2. The molecule has 0 spiro atoms. The summed E-state index contributed by atoms with van der Waals surface area (Å²) in [6, 6.07) is 0. The van der Waals surface area contributed by atoms with Crippen LogP contribution in [0.1, 0.15) is 115 Å². The van der Waals surface area contributed by atoms with Crippen molar-refractivity contribution in [3.8, 4) is 11.6 Å². The summed E-state index contributed by atoms with van der Waals surface area (Å²) in [6.45, 7) is 28.2. The van der Waals surface area contributed by atoms with Crippen molar-refractivity contribution in [1.82, 2.24) is 0 Å². The van der Waals surface area contributed by atoms with Crippen molar-refractivity contribution in [3.05, 3.63) is 0 Å². The van der Waals surface area contributed by atoms with Crippen LogP contribution in [0.3, 0.4) is 0 Å². The van der Waals surface area contributed by atoms with Crippen LogP contribution in [0.4, 0.5) is 0 Å². The van der Waals surface area contributed by atoms with Crippen molar-refractivity contribution in [2.24, 2.45) is 16.2 Å². The molecule has 0 aliphatic carbocycles. The predicted molar refractivity (Wildman–Crippen MR) is 142 cm³/mol. The summed E-state index contributed by atoms with van der Waals surface area (Å²) in [5, 5.41) is 1.72. The molecule has 0 aromatic carbocycles. The van der Waals surface area contributed by atoms with Gasteiger partial charge in [0.25, 0.3) is 0 Å². The third-order valence-electron chi connectivity index (χ3n) is 8.62. The van der Waals surface area contributed by atoms with E-state index in [9.17, 15) is 0 Å². The van der Waals surface area contributed by atoms with E-state index in [0.717, 1.165) is 17.5 Å². The molecular weight excluding hydrogens is 417 g/mol. The van der Waals surface area contributed by atoms with Gasteiger partial charge in [0.05, 0.1) is 0 Å². The van der Waals surface area contributed by atoms with Crippen molar-refractivity contribution in [2.75, 3.05) is 0 Å². The topological polar surface area (TPSA) is 0 Å². The quantitative estimate of drug-likeness (QED) is 0.216. The molecule has 0 radical (unpaired) electrons. The lowest BCUT2D eigenvalue weighted by Crippen LogP contribution is -2.39. The fourth-order valence-electron chi connectivity index (χ4n) is 7.98. The van der Waals surface area contributed by atoms with E-state index in [-0.39, 0.29) is 23.8 Å². The average molecular weight is 465 g/mol. The molecule has 4 heterocycles. The summed E-state index contributed by atoms with van der Waals surface area (Å²) < 4.78 is 0. The van der Waals surface area contributed by atoms with Crippen LogP contribution in [-0.4, -0.2) is 26.0 Å². The molecule has 8 atom stereocenters. The van der Waals surface area contributed by atoms with Gasteiger partial charge in [0.1, 0.15) is 0 Å². The van der Waals surface area contributed by atoms with E-state index in [0.29, 0.717) is 31.2 Å². The smallest absolute Gasteiger partial charge is 0.0387 e. The zero-order valence-corrected chi connectivity index (χ0v) is 24.4. The van der Waals surface area contributed by atoms with Gasteiger partial charge in [-0.1, -0.05) is 123 Å². The van der Waals surface area contributed by atoms with Gasteiger partial charge in [-0.2, -0.15) is 0 Å². The Kier molecular flexibility index (Phi) is 5.55. The van der Waals surface area contributed by atoms with Crippen LogP contribution in [0.5, 0.6) is 0 Å². The van der Waals surface area contributed by atoms with E-state index in [4.69, 9.17) is 0 Å². The first-order valence-corrected chi connectivity index (χ1v) is 16.8. The van der Waals surface area contributed by atoms with Crippen LogP contribution in [-0.2, 0) is 0 Å².